The van der Waals surface area contributed by atoms with Gasteiger partial charge in [-0.25, -0.2) is 13.9 Å². The number of pyridine rings is 1. The molecule has 7 heteroatoms. The third-order valence-electron chi connectivity index (χ3n) is 3.86. The molecule has 0 aliphatic carbocycles. The van der Waals surface area contributed by atoms with Crippen LogP contribution in [0.4, 0.5) is 15.9 Å². The van der Waals surface area contributed by atoms with Crippen LogP contribution in [0, 0.1) is 5.82 Å². The Bertz CT molecular complexity index is 946. The average molecular weight is 354 g/mol. The number of carboxylic acid groups (broad SMARTS) is 1. The summed E-state index contributed by atoms with van der Waals surface area (Å²) in [6.07, 6.45) is 3.30. The van der Waals surface area contributed by atoms with Crippen molar-refractivity contribution in [3.8, 4) is 5.69 Å². The zero-order valence-electron chi connectivity index (χ0n) is 14.7. The second-order valence-electron chi connectivity index (χ2n) is 6.90. The van der Waals surface area contributed by atoms with Gasteiger partial charge in [-0.3, -0.25) is 4.98 Å². The summed E-state index contributed by atoms with van der Waals surface area (Å²) in [5, 5.41) is 17.1. The summed E-state index contributed by atoms with van der Waals surface area (Å²) in [7, 11) is 0. The highest BCUT2D eigenvalue weighted by atomic mass is 19.1. The summed E-state index contributed by atoms with van der Waals surface area (Å²) in [6.45, 7) is 6.11. The van der Waals surface area contributed by atoms with Gasteiger partial charge in [-0.05, 0) is 30.3 Å². The minimum Gasteiger partial charge on any atom is -0.478 e. The van der Waals surface area contributed by atoms with E-state index in [1.165, 1.54) is 12.1 Å². The van der Waals surface area contributed by atoms with Crippen LogP contribution in [0.1, 0.15) is 36.8 Å². The van der Waals surface area contributed by atoms with E-state index in [2.05, 4.69) is 15.4 Å². The highest BCUT2D eigenvalue weighted by Crippen LogP contribution is 2.29. The minimum atomic E-state index is -1.21. The van der Waals surface area contributed by atoms with Crippen LogP contribution in [0.5, 0.6) is 0 Å². The number of aromatic carboxylic acids is 1. The van der Waals surface area contributed by atoms with Crippen LogP contribution in [0.3, 0.4) is 0 Å². The predicted molar refractivity (Wildman–Crippen MR) is 96.7 cm³/mol. The second kappa shape index (κ2) is 6.59. The highest BCUT2D eigenvalue weighted by molar-refractivity contribution is 5.95. The molecular formula is C19H19FN4O2. The molecule has 0 amide bonds. The van der Waals surface area contributed by atoms with Gasteiger partial charge in [0.2, 0.25) is 0 Å². The van der Waals surface area contributed by atoms with Crippen molar-refractivity contribution in [3.63, 3.8) is 0 Å². The van der Waals surface area contributed by atoms with Gasteiger partial charge < -0.3 is 10.4 Å². The SMILES string of the molecule is CC(C)(C)c1cc(Nc2ccc(F)cc2C(=O)O)n(-c2ccncc2)n1. The molecule has 3 aromatic rings. The van der Waals surface area contributed by atoms with E-state index in [1.807, 2.05) is 26.8 Å². The molecular weight excluding hydrogens is 335 g/mol. The summed E-state index contributed by atoms with van der Waals surface area (Å²) < 4.78 is 15.1. The van der Waals surface area contributed by atoms with Crippen LogP contribution >= 0.6 is 0 Å². The third-order valence-corrected chi connectivity index (χ3v) is 3.86. The topological polar surface area (TPSA) is 80.0 Å². The molecule has 2 heterocycles. The van der Waals surface area contributed by atoms with Gasteiger partial charge in [0.1, 0.15) is 11.6 Å². The maximum atomic E-state index is 13.4. The Morgan fingerprint density at radius 2 is 1.85 bits per heavy atom. The van der Waals surface area contributed by atoms with Crippen LogP contribution in [0.2, 0.25) is 0 Å². The summed E-state index contributed by atoms with van der Waals surface area (Å²) in [4.78, 5) is 15.5. The lowest BCUT2D eigenvalue weighted by atomic mass is 9.92. The molecule has 0 aliphatic rings. The maximum Gasteiger partial charge on any atom is 0.337 e. The Kier molecular flexibility index (Phi) is 4.46. The summed E-state index contributed by atoms with van der Waals surface area (Å²) >= 11 is 0. The van der Waals surface area contributed by atoms with Crippen molar-refractivity contribution < 1.29 is 14.3 Å². The third kappa shape index (κ3) is 3.56. The van der Waals surface area contributed by atoms with Crippen molar-refractivity contribution in [2.24, 2.45) is 0 Å². The Morgan fingerprint density at radius 3 is 2.46 bits per heavy atom. The number of benzene rings is 1. The van der Waals surface area contributed by atoms with Gasteiger partial charge in [-0.2, -0.15) is 5.10 Å². The van der Waals surface area contributed by atoms with Gasteiger partial charge in [0.05, 0.1) is 22.6 Å². The number of halogens is 1. The van der Waals surface area contributed by atoms with Crippen LogP contribution < -0.4 is 5.32 Å². The maximum absolute atomic E-state index is 13.4. The zero-order valence-corrected chi connectivity index (χ0v) is 14.7. The molecule has 0 unspecified atom stereocenters. The monoisotopic (exact) mass is 354 g/mol. The van der Waals surface area contributed by atoms with Gasteiger partial charge in [-0.1, -0.05) is 20.8 Å². The fraction of sp³-hybridized carbons (Fsp3) is 0.211. The van der Waals surface area contributed by atoms with Crippen molar-refractivity contribution in [2.45, 2.75) is 26.2 Å². The molecule has 0 atom stereocenters. The Hall–Kier alpha value is -3.22. The van der Waals surface area contributed by atoms with E-state index in [9.17, 15) is 14.3 Å². The molecule has 2 N–H and O–H groups in total. The van der Waals surface area contributed by atoms with Gasteiger partial charge in [0.15, 0.2) is 0 Å². The number of nitrogens with one attached hydrogen (secondary N) is 1. The summed E-state index contributed by atoms with van der Waals surface area (Å²) in [6, 6.07) is 9.06. The first kappa shape index (κ1) is 17.6. The van der Waals surface area contributed by atoms with Crippen LogP contribution in [-0.2, 0) is 5.41 Å². The first-order valence-corrected chi connectivity index (χ1v) is 8.06. The average Bonchev–Trinajstić information content (AvgIpc) is 3.01. The molecule has 0 spiro atoms. The molecule has 134 valence electrons. The molecule has 0 saturated carbocycles. The number of hydrogen-bond acceptors (Lipinski definition) is 4. The molecule has 0 radical (unpaired) electrons. The Morgan fingerprint density at radius 1 is 1.15 bits per heavy atom. The number of nitrogens with zero attached hydrogens (tertiary/aromatic N) is 3. The van der Waals surface area contributed by atoms with Gasteiger partial charge in [0.25, 0.3) is 0 Å². The van der Waals surface area contributed by atoms with E-state index in [0.29, 0.717) is 5.82 Å². The zero-order chi connectivity index (χ0) is 18.9. The molecule has 6 nitrogen and oxygen atoms in total. The second-order valence-corrected chi connectivity index (χ2v) is 6.90. The fourth-order valence-electron chi connectivity index (χ4n) is 2.46. The van der Waals surface area contributed by atoms with Gasteiger partial charge in [-0.15, -0.1) is 0 Å². The fourth-order valence-corrected chi connectivity index (χ4v) is 2.46. The first-order chi connectivity index (χ1) is 12.3. The standard InChI is InChI=1S/C19H19FN4O2/c1-19(2,3)16-11-17(24(23-16)13-6-8-21-9-7-13)22-15-5-4-12(20)10-14(15)18(25)26/h4-11,22H,1-3H3,(H,25,26). The molecule has 0 saturated heterocycles. The quantitative estimate of drug-likeness (QED) is 0.736. The number of carboxylic acids is 1. The van der Waals surface area contributed by atoms with Crippen molar-refractivity contribution >= 4 is 17.5 Å². The molecule has 26 heavy (non-hydrogen) atoms. The minimum absolute atomic E-state index is 0.148. The van der Waals surface area contributed by atoms with E-state index in [1.54, 1.807) is 29.2 Å². The summed E-state index contributed by atoms with van der Waals surface area (Å²) in [5.74, 6) is -1.24. The summed E-state index contributed by atoms with van der Waals surface area (Å²) in [5.41, 5.74) is 1.54. The normalized spacial score (nSPS) is 11.4. The van der Waals surface area contributed by atoms with E-state index in [0.717, 1.165) is 17.4 Å². The first-order valence-electron chi connectivity index (χ1n) is 8.06. The number of hydrogen-bond donors (Lipinski definition) is 2. The van der Waals surface area contributed by atoms with E-state index in [4.69, 9.17) is 0 Å². The van der Waals surface area contributed by atoms with Gasteiger partial charge in [0, 0.05) is 23.9 Å². The van der Waals surface area contributed by atoms with Crippen molar-refractivity contribution in [2.75, 3.05) is 5.32 Å². The lowest BCUT2D eigenvalue weighted by Crippen LogP contribution is -2.12. The van der Waals surface area contributed by atoms with E-state index >= 15 is 0 Å². The van der Waals surface area contributed by atoms with Crippen molar-refractivity contribution in [3.05, 3.63) is 65.9 Å². The molecule has 1 aromatic carbocycles. The van der Waals surface area contributed by atoms with E-state index in [-0.39, 0.29) is 16.7 Å². The largest absolute Gasteiger partial charge is 0.478 e. The molecule has 0 fully saturated rings. The van der Waals surface area contributed by atoms with Crippen molar-refractivity contribution in [1.29, 1.82) is 0 Å². The lowest BCUT2D eigenvalue weighted by Gasteiger charge is -2.14. The van der Waals surface area contributed by atoms with Gasteiger partial charge >= 0.3 is 5.97 Å². The smallest absolute Gasteiger partial charge is 0.337 e. The Labute approximate surface area is 150 Å². The van der Waals surface area contributed by atoms with Crippen molar-refractivity contribution in [1.82, 2.24) is 14.8 Å². The lowest BCUT2D eigenvalue weighted by molar-refractivity contribution is 0.0697. The molecule has 0 aliphatic heterocycles. The van der Waals surface area contributed by atoms with Crippen LogP contribution in [0.15, 0.2) is 48.8 Å². The Balaban J connectivity index is 2.11. The number of carbonyl (C=O) groups is 1. The van der Waals surface area contributed by atoms with Crippen LogP contribution in [0.25, 0.3) is 5.69 Å². The van der Waals surface area contributed by atoms with E-state index < -0.39 is 11.8 Å². The van der Waals surface area contributed by atoms with Crippen LogP contribution in [-0.4, -0.2) is 25.8 Å². The number of aromatic nitrogens is 3. The highest BCUT2D eigenvalue weighted by Gasteiger charge is 2.21. The molecule has 2 aromatic heterocycles. The molecule has 0 bridgehead atoms. The number of rotatable bonds is 4. The number of anilines is 2. The predicted octanol–water partition coefficient (Wildman–Crippen LogP) is 4.15. The molecule has 3 rings (SSSR count).